The summed E-state index contributed by atoms with van der Waals surface area (Å²) in [6.07, 6.45) is 8.99. The third-order valence-corrected chi connectivity index (χ3v) is 4.60. The molecule has 0 radical (unpaired) electrons. The summed E-state index contributed by atoms with van der Waals surface area (Å²) < 4.78 is 1.47. The molecule has 0 N–H and O–H groups in total. The number of hydrogen-bond donors (Lipinski definition) is 0. The standard InChI is InChI=1S/C12H16BrN/c13-11-5-4-9-6-8-14-7-2-1-3-10(11)12(9)14/h4,12H,1-3,5-8H2. The van der Waals surface area contributed by atoms with E-state index >= 15 is 0 Å². The van der Waals surface area contributed by atoms with Crippen molar-refractivity contribution in [1.82, 2.24) is 4.90 Å². The molecule has 0 spiro atoms. The second kappa shape index (κ2) is 3.49. The molecule has 3 aliphatic rings. The highest BCUT2D eigenvalue weighted by Gasteiger charge is 2.35. The SMILES string of the molecule is BrC1=C2CCCCN3CCC(=CC1)C23. The van der Waals surface area contributed by atoms with E-state index < -0.39 is 0 Å². The zero-order valence-electron chi connectivity index (χ0n) is 8.43. The Kier molecular flexibility index (Phi) is 2.29. The van der Waals surface area contributed by atoms with Gasteiger partial charge in [0.05, 0.1) is 6.04 Å². The van der Waals surface area contributed by atoms with Crippen LogP contribution in [-0.2, 0) is 0 Å². The maximum absolute atomic E-state index is 3.76. The van der Waals surface area contributed by atoms with E-state index in [2.05, 4.69) is 26.9 Å². The molecule has 2 aliphatic heterocycles. The van der Waals surface area contributed by atoms with Crippen molar-refractivity contribution >= 4 is 15.9 Å². The van der Waals surface area contributed by atoms with Gasteiger partial charge in [-0.25, -0.2) is 0 Å². The molecule has 1 aliphatic carbocycles. The van der Waals surface area contributed by atoms with Crippen molar-refractivity contribution in [2.24, 2.45) is 0 Å². The molecule has 0 aromatic heterocycles. The summed E-state index contributed by atoms with van der Waals surface area (Å²) in [6.45, 7) is 2.60. The minimum absolute atomic E-state index is 0.695. The number of halogens is 1. The fraction of sp³-hybridized carbons (Fsp3) is 0.667. The van der Waals surface area contributed by atoms with Crippen molar-refractivity contribution in [3.8, 4) is 0 Å². The van der Waals surface area contributed by atoms with Crippen LogP contribution < -0.4 is 0 Å². The van der Waals surface area contributed by atoms with Crippen molar-refractivity contribution in [1.29, 1.82) is 0 Å². The summed E-state index contributed by atoms with van der Waals surface area (Å²) in [7, 11) is 0. The highest BCUT2D eigenvalue weighted by atomic mass is 79.9. The first-order valence-electron chi connectivity index (χ1n) is 5.66. The zero-order valence-corrected chi connectivity index (χ0v) is 10.0. The van der Waals surface area contributed by atoms with E-state index in [0.29, 0.717) is 6.04 Å². The van der Waals surface area contributed by atoms with Crippen LogP contribution in [0.3, 0.4) is 0 Å². The Morgan fingerprint density at radius 1 is 1.21 bits per heavy atom. The molecule has 0 amide bonds. The van der Waals surface area contributed by atoms with Gasteiger partial charge < -0.3 is 0 Å². The smallest absolute Gasteiger partial charge is 0.0532 e. The van der Waals surface area contributed by atoms with E-state index in [9.17, 15) is 0 Å². The highest BCUT2D eigenvalue weighted by Crippen LogP contribution is 2.41. The predicted molar refractivity (Wildman–Crippen MR) is 62.5 cm³/mol. The summed E-state index contributed by atoms with van der Waals surface area (Å²) in [4.78, 5) is 2.68. The Morgan fingerprint density at radius 2 is 2.14 bits per heavy atom. The van der Waals surface area contributed by atoms with Crippen LogP contribution in [0.5, 0.6) is 0 Å². The number of hydrogen-bond acceptors (Lipinski definition) is 1. The zero-order chi connectivity index (χ0) is 9.54. The number of nitrogens with zero attached hydrogens (tertiary/aromatic N) is 1. The van der Waals surface area contributed by atoms with Gasteiger partial charge in [-0.15, -0.1) is 0 Å². The molecule has 2 fully saturated rings. The Hall–Kier alpha value is -0.0800. The van der Waals surface area contributed by atoms with Crippen LogP contribution in [0.1, 0.15) is 32.1 Å². The number of rotatable bonds is 0. The molecule has 2 saturated heterocycles. The van der Waals surface area contributed by atoms with Gasteiger partial charge in [0.15, 0.2) is 0 Å². The van der Waals surface area contributed by atoms with Gasteiger partial charge in [-0.05, 0) is 48.7 Å². The topological polar surface area (TPSA) is 3.24 Å². The van der Waals surface area contributed by atoms with Gasteiger partial charge in [-0.2, -0.15) is 0 Å². The lowest BCUT2D eigenvalue weighted by Crippen LogP contribution is -2.32. The molecule has 1 atom stereocenters. The molecule has 2 heterocycles. The molecule has 3 rings (SSSR count). The highest BCUT2D eigenvalue weighted by molar-refractivity contribution is 9.11. The molecule has 0 aromatic rings. The van der Waals surface area contributed by atoms with Gasteiger partial charge >= 0.3 is 0 Å². The summed E-state index contributed by atoms with van der Waals surface area (Å²) in [5, 5.41) is 0. The molecule has 76 valence electrons. The van der Waals surface area contributed by atoms with Gasteiger partial charge in [-0.1, -0.05) is 27.6 Å². The first-order chi connectivity index (χ1) is 6.86. The summed E-state index contributed by atoms with van der Waals surface area (Å²) in [5.41, 5.74) is 3.39. The Morgan fingerprint density at radius 3 is 3.07 bits per heavy atom. The van der Waals surface area contributed by atoms with Crippen molar-refractivity contribution < 1.29 is 0 Å². The van der Waals surface area contributed by atoms with Gasteiger partial charge in [0.25, 0.3) is 0 Å². The van der Waals surface area contributed by atoms with Gasteiger partial charge in [0, 0.05) is 6.54 Å². The lowest BCUT2D eigenvalue weighted by molar-refractivity contribution is 0.299. The van der Waals surface area contributed by atoms with Crippen molar-refractivity contribution in [2.45, 2.75) is 38.1 Å². The number of allylic oxidation sites excluding steroid dienone is 2. The lowest BCUT2D eigenvalue weighted by atomic mass is 9.91. The molecule has 0 aromatic carbocycles. The summed E-state index contributed by atoms with van der Waals surface area (Å²) in [5.74, 6) is 0. The average Bonchev–Trinajstić information content (AvgIpc) is 2.46. The quantitative estimate of drug-likeness (QED) is 0.600. The Balaban J connectivity index is 2.02. The summed E-state index contributed by atoms with van der Waals surface area (Å²) >= 11 is 3.76. The predicted octanol–water partition coefficient (Wildman–Crippen LogP) is 3.22. The van der Waals surface area contributed by atoms with E-state index in [1.54, 1.807) is 11.1 Å². The van der Waals surface area contributed by atoms with E-state index in [1.165, 1.54) is 43.3 Å². The molecule has 0 saturated carbocycles. The molecular weight excluding hydrogens is 238 g/mol. The van der Waals surface area contributed by atoms with E-state index in [0.717, 1.165) is 6.42 Å². The van der Waals surface area contributed by atoms with Gasteiger partial charge in [0.1, 0.15) is 0 Å². The summed E-state index contributed by atoms with van der Waals surface area (Å²) in [6, 6.07) is 0.695. The molecule has 0 bridgehead atoms. The molecule has 1 nitrogen and oxygen atoms in total. The van der Waals surface area contributed by atoms with Crippen molar-refractivity contribution in [3.05, 3.63) is 21.7 Å². The van der Waals surface area contributed by atoms with E-state index in [4.69, 9.17) is 0 Å². The maximum atomic E-state index is 3.76. The van der Waals surface area contributed by atoms with Crippen LogP contribution in [0.15, 0.2) is 21.7 Å². The van der Waals surface area contributed by atoms with Crippen molar-refractivity contribution in [3.63, 3.8) is 0 Å². The third kappa shape index (κ3) is 1.31. The second-order valence-electron chi connectivity index (χ2n) is 4.56. The van der Waals surface area contributed by atoms with Crippen molar-refractivity contribution in [2.75, 3.05) is 13.1 Å². The van der Waals surface area contributed by atoms with E-state index in [-0.39, 0.29) is 0 Å². The van der Waals surface area contributed by atoms with Crippen LogP contribution in [0.25, 0.3) is 0 Å². The monoisotopic (exact) mass is 253 g/mol. The first kappa shape index (κ1) is 9.17. The van der Waals surface area contributed by atoms with Gasteiger partial charge in [0.2, 0.25) is 0 Å². The lowest BCUT2D eigenvalue weighted by Gasteiger charge is -2.28. The molecule has 14 heavy (non-hydrogen) atoms. The van der Waals surface area contributed by atoms with Crippen LogP contribution >= 0.6 is 15.9 Å². The maximum Gasteiger partial charge on any atom is 0.0532 e. The largest absolute Gasteiger partial charge is 0.293 e. The fourth-order valence-electron chi connectivity index (χ4n) is 3.07. The third-order valence-electron chi connectivity index (χ3n) is 3.77. The molecule has 2 heteroatoms. The minimum atomic E-state index is 0.695. The van der Waals surface area contributed by atoms with Crippen LogP contribution in [-0.4, -0.2) is 24.0 Å². The molecule has 1 unspecified atom stereocenters. The second-order valence-corrected chi connectivity index (χ2v) is 5.52. The Labute approximate surface area is 94.0 Å². The molecular formula is C12H16BrN. The van der Waals surface area contributed by atoms with Crippen LogP contribution in [0.4, 0.5) is 0 Å². The Bertz CT molecular complexity index is 316. The average molecular weight is 254 g/mol. The van der Waals surface area contributed by atoms with E-state index in [1.807, 2.05) is 0 Å². The van der Waals surface area contributed by atoms with Gasteiger partial charge in [-0.3, -0.25) is 4.90 Å². The first-order valence-corrected chi connectivity index (χ1v) is 6.46. The van der Waals surface area contributed by atoms with Crippen LogP contribution in [0.2, 0.25) is 0 Å². The minimum Gasteiger partial charge on any atom is -0.293 e. The normalized spacial score (nSPS) is 32.6. The fourth-order valence-corrected chi connectivity index (χ4v) is 3.65. The van der Waals surface area contributed by atoms with Crippen LogP contribution in [0, 0.1) is 0 Å².